The Balaban J connectivity index is 2.86. The van der Waals surface area contributed by atoms with Gasteiger partial charge in [-0.15, -0.1) is 0 Å². The zero-order chi connectivity index (χ0) is 11.4. The van der Waals surface area contributed by atoms with Crippen LogP contribution in [-0.2, 0) is 0 Å². The second-order valence-corrected chi connectivity index (χ2v) is 4.98. The van der Waals surface area contributed by atoms with Crippen LogP contribution < -0.4 is 4.74 Å². The van der Waals surface area contributed by atoms with Gasteiger partial charge in [0.2, 0.25) is 0 Å². The summed E-state index contributed by atoms with van der Waals surface area (Å²) in [6, 6.07) is 5.82. The lowest BCUT2D eigenvalue weighted by molar-refractivity contribution is 0.268. The summed E-state index contributed by atoms with van der Waals surface area (Å²) < 4.78 is 5.76. The van der Waals surface area contributed by atoms with Crippen molar-refractivity contribution in [3.63, 3.8) is 0 Å². The molecular formula is C13H19ClO. The third-order valence-electron chi connectivity index (χ3n) is 2.17. The van der Waals surface area contributed by atoms with E-state index < -0.39 is 0 Å². The molecule has 0 saturated heterocycles. The van der Waals surface area contributed by atoms with Crippen molar-refractivity contribution in [2.45, 2.75) is 33.6 Å². The van der Waals surface area contributed by atoms with Gasteiger partial charge in [0.05, 0.1) is 6.61 Å². The standard InChI is InChI=1S/C13H19ClO/c1-9(2)8-15-13-6-5-11(14)7-12(13)10(3)4/h5-7,9-10H,8H2,1-4H3. The Labute approximate surface area is 97.4 Å². The summed E-state index contributed by atoms with van der Waals surface area (Å²) in [6.07, 6.45) is 0. The minimum Gasteiger partial charge on any atom is -0.493 e. The van der Waals surface area contributed by atoms with Gasteiger partial charge < -0.3 is 4.74 Å². The first-order valence-corrected chi connectivity index (χ1v) is 5.80. The Kier molecular flexibility index (Phi) is 4.46. The van der Waals surface area contributed by atoms with Crippen molar-refractivity contribution < 1.29 is 4.74 Å². The van der Waals surface area contributed by atoms with Crippen LogP contribution in [-0.4, -0.2) is 6.61 Å². The lowest BCUT2D eigenvalue weighted by atomic mass is 10.0. The molecule has 1 rings (SSSR count). The summed E-state index contributed by atoms with van der Waals surface area (Å²) in [5.74, 6) is 1.94. The minimum absolute atomic E-state index is 0.436. The predicted molar refractivity (Wildman–Crippen MR) is 65.9 cm³/mol. The lowest BCUT2D eigenvalue weighted by Crippen LogP contribution is -2.06. The molecule has 0 saturated carbocycles. The Morgan fingerprint density at radius 3 is 2.40 bits per heavy atom. The van der Waals surface area contributed by atoms with Gasteiger partial charge in [-0.05, 0) is 35.6 Å². The van der Waals surface area contributed by atoms with Crippen LogP contribution >= 0.6 is 11.6 Å². The summed E-state index contributed by atoms with van der Waals surface area (Å²) in [6.45, 7) is 9.33. The summed E-state index contributed by atoms with van der Waals surface area (Å²) >= 11 is 5.97. The molecule has 0 heterocycles. The molecule has 0 radical (unpaired) electrons. The molecule has 2 heteroatoms. The summed E-state index contributed by atoms with van der Waals surface area (Å²) in [7, 11) is 0. The molecule has 0 aliphatic heterocycles. The van der Waals surface area contributed by atoms with E-state index in [0.29, 0.717) is 11.8 Å². The third kappa shape index (κ3) is 3.75. The number of hydrogen-bond donors (Lipinski definition) is 0. The second-order valence-electron chi connectivity index (χ2n) is 4.54. The van der Waals surface area contributed by atoms with Crippen LogP contribution in [0.5, 0.6) is 5.75 Å². The number of hydrogen-bond acceptors (Lipinski definition) is 1. The third-order valence-corrected chi connectivity index (χ3v) is 2.40. The van der Waals surface area contributed by atoms with Crippen LogP contribution in [0.15, 0.2) is 18.2 Å². The topological polar surface area (TPSA) is 9.23 Å². The molecule has 0 atom stereocenters. The van der Waals surface area contributed by atoms with Crippen molar-refractivity contribution in [2.75, 3.05) is 6.61 Å². The van der Waals surface area contributed by atoms with Crippen LogP contribution in [0.2, 0.25) is 5.02 Å². The molecule has 0 spiro atoms. The SMILES string of the molecule is CC(C)COc1ccc(Cl)cc1C(C)C. The van der Waals surface area contributed by atoms with Crippen LogP contribution in [0.1, 0.15) is 39.2 Å². The van der Waals surface area contributed by atoms with E-state index in [-0.39, 0.29) is 0 Å². The molecule has 15 heavy (non-hydrogen) atoms. The van der Waals surface area contributed by atoms with Gasteiger partial charge in [0.15, 0.2) is 0 Å². The molecule has 84 valence electrons. The van der Waals surface area contributed by atoms with Gasteiger partial charge >= 0.3 is 0 Å². The number of ether oxygens (including phenoxy) is 1. The normalized spacial score (nSPS) is 11.1. The highest BCUT2D eigenvalue weighted by Gasteiger charge is 2.09. The average molecular weight is 227 g/mol. The van der Waals surface area contributed by atoms with E-state index in [1.165, 1.54) is 5.56 Å². The van der Waals surface area contributed by atoms with Crippen molar-refractivity contribution in [3.05, 3.63) is 28.8 Å². The second kappa shape index (κ2) is 5.41. The van der Waals surface area contributed by atoms with Crippen molar-refractivity contribution >= 4 is 11.6 Å². The highest BCUT2D eigenvalue weighted by atomic mass is 35.5. The van der Waals surface area contributed by atoms with Crippen LogP contribution in [0, 0.1) is 5.92 Å². The van der Waals surface area contributed by atoms with Crippen LogP contribution in [0.3, 0.4) is 0 Å². The van der Waals surface area contributed by atoms with E-state index in [9.17, 15) is 0 Å². The fourth-order valence-corrected chi connectivity index (χ4v) is 1.54. The van der Waals surface area contributed by atoms with Crippen molar-refractivity contribution in [3.8, 4) is 5.75 Å². The van der Waals surface area contributed by atoms with Gasteiger partial charge in [0.1, 0.15) is 5.75 Å². The fourth-order valence-electron chi connectivity index (χ4n) is 1.36. The Morgan fingerprint density at radius 2 is 1.87 bits per heavy atom. The maximum Gasteiger partial charge on any atom is 0.122 e. The van der Waals surface area contributed by atoms with E-state index in [4.69, 9.17) is 16.3 Å². The highest BCUT2D eigenvalue weighted by molar-refractivity contribution is 6.30. The van der Waals surface area contributed by atoms with Crippen molar-refractivity contribution in [1.82, 2.24) is 0 Å². The summed E-state index contributed by atoms with van der Waals surface area (Å²) in [5.41, 5.74) is 1.18. The van der Waals surface area contributed by atoms with Gasteiger partial charge in [0.25, 0.3) is 0 Å². The molecule has 0 bridgehead atoms. The molecule has 0 N–H and O–H groups in total. The van der Waals surface area contributed by atoms with E-state index in [0.717, 1.165) is 17.4 Å². The first kappa shape index (κ1) is 12.4. The van der Waals surface area contributed by atoms with Crippen molar-refractivity contribution in [1.29, 1.82) is 0 Å². The molecule has 0 unspecified atom stereocenters. The lowest BCUT2D eigenvalue weighted by Gasteiger charge is -2.15. The maximum atomic E-state index is 5.97. The molecule has 0 aliphatic carbocycles. The smallest absolute Gasteiger partial charge is 0.122 e. The number of halogens is 1. The molecule has 0 fully saturated rings. The molecule has 0 aromatic heterocycles. The minimum atomic E-state index is 0.436. The monoisotopic (exact) mass is 226 g/mol. The molecule has 1 aromatic rings. The largest absolute Gasteiger partial charge is 0.493 e. The fraction of sp³-hybridized carbons (Fsp3) is 0.538. The summed E-state index contributed by atoms with van der Waals surface area (Å²) in [5, 5.41) is 0.774. The highest BCUT2D eigenvalue weighted by Crippen LogP contribution is 2.29. The Bertz CT molecular complexity index is 318. The molecular weight excluding hydrogens is 208 g/mol. The van der Waals surface area contributed by atoms with Crippen LogP contribution in [0.25, 0.3) is 0 Å². The first-order valence-electron chi connectivity index (χ1n) is 5.43. The predicted octanol–water partition coefficient (Wildman–Crippen LogP) is 4.50. The maximum absolute atomic E-state index is 5.97. The summed E-state index contributed by atoms with van der Waals surface area (Å²) in [4.78, 5) is 0. The van der Waals surface area contributed by atoms with Crippen molar-refractivity contribution in [2.24, 2.45) is 5.92 Å². The Hall–Kier alpha value is -0.690. The van der Waals surface area contributed by atoms with E-state index >= 15 is 0 Å². The number of benzene rings is 1. The first-order chi connectivity index (χ1) is 7.00. The van der Waals surface area contributed by atoms with Gasteiger partial charge in [0, 0.05) is 5.02 Å². The Morgan fingerprint density at radius 1 is 1.20 bits per heavy atom. The van der Waals surface area contributed by atoms with Crippen LogP contribution in [0.4, 0.5) is 0 Å². The van der Waals surface area contributed by atoms with Gasteiger partial charge in [-0.1, -0.05) is 39.3 Å². The zero-order valence-corrected chi connectivity index (χ0v) is 10.6. The van der Waals surface area contributed by atoms with E-state index in [2.05, 4.69) is 27.7 Å². The quantitative estimate of drug-likeness (QED) is 0.735. The average Bonchev–Trinajstić information content (AvgIpc) is 2.15. The van der Waals surface area contributed by atoms with E-state index in [1.807, 2.05) is 18.2 Å². The van der Waals surface area contributed by atoms with Gasteiger partial charge in [-0.25, -0.2) is 0 Å². The van der Waals surface area contributed by atoms with E-state index in [1.54, 1.807) is 0 Å². The molecule has 0 aliphatic rings. The molecule has 1 nitrogen and oxygen atoms in total. The molecule has 1 aromatic carbocycles. The zero-order valence-electron chi connectivity index (χ0n) is 9.88. The number of rotatable bonds is 4. The van der Waals surface area contributed by atoms with Gasteiger partial charge in [-0.3, -0.25) is 0 Å². The molecule has 0 amide bonds. The van der Waals surface area contributed by atoms with Gasteiger partial charge in [-0.2, -0.15) is 0 Å².